The smallest absolute Gasteiger partial charge is 0.244 e. The number of amides is 1. The number of rotatable bonds is 9. The van der Waals surface area contributed by atoms with Crippen LogP contribution in [0.2, 0.25) is 0 Å². The molecule has 0 radical (unpaired) electrons. The van der Waals surface area contributed by atoms with Gasteiger partial charge in [-0.05, 0) is 29.3 Å². The molecular formula is C22H24N4O4. The molecule has 0 spiro atoms. The lowest BCUT2D eigenvalue weighted by atomic mass is 10.1. The van der Waals surface area contributed by atoms with Crippen molar-refractivity contribution in [3.63, 3.8) is 0 Å². The van der Waals surface area contributed by atoms with E-state index in [1.165, 1.54) is 12.4 Å². The third-order valence-electron chi connectivity index (χ3n) is 4.47. The molecule has 0 aliphatic heterocycles. The van der Waals surface area contributed by atoms with Crippen molar-refractivity contribution in [1.82, 2.24) is 20.1 Å². The van der Waals surface area contributed by atoms with Crippen molar-refractivity contribution in [2.75, 3.05) is 21.3 Å². The topological polar surface area (TPSA) is 87.5 Å². The molecule has 0 aliphatic rings. The monoisotopic (exact) mass is 408 g/mol. The highest BCUT2D eigenvalue weighted by Gasteiger charge is 2.15. The van der Waals surface area contributed by atoms with Crippen LogP contribution in [-0.2, 0) is 11.3 Å². The molecule has 1 aromatic heterocycles. The van der Waals surface area contributed by atoms with Gasteiger partial charge < -0.3 is 19.5 Å². The summed E-state index contributed by atoms with van der Waals surface area (Å²) in [4.78, 5) is 16.6. The fourth-order valence-corrected chi connectivity index (χ4v) is 3.02. The number of carbonyl (C=O) groups is 1. The molecule has 3 rings (SSSR count). The third-order valence-corrected chi connectivity index (χ3v) is 4.47. The van der Waals surface area contributed by atoms with Crippen LogP contribution in [0.25, 0.3) is 6.08 Å². The van der Waals surface area contributed by atoms with Gasteiger partial charge in [0.1, 0.15) is 12.7 Å². The molecule has 8 nitrogen and oxygen atoms in total. The van der Waals surface area contributed by atoms with E-state index in [2.05, 4.69) is 15.4 Å². The van der Waals surface area contributed by atoms with Crippen LogP contribution in [-0.4, -0.2) is 42.0 Å². The second-order valence-electron chi connectivity index (χ2n) is 6.38. The molecule has 0 fully saturated rings. The quantitative estimate of drug-likeness (QED) is 0.548. The highest BCUT2D eigenvalue weighted by molar-refractivity contribution is 5.92. The van der Waals surface area contributed by atoms with Crippen molar-refractivity contribution >= 4 is 12.0 Å². The standard InChI is InChI=1S/C22H24N4O4/c1-28-19-11-16(12-20(29-2)22(19)30-3)9-10-21(27)25-18(13-26-15-23-14-24-26)17-7-5-4-6-8-17/h4-12,14-15,18H,13H2,1-3H3,(H,25,27)/b10-9+. The van der Waals surface area contributed by atoms with Gasteiger partial charge in [-0.25, -0.2) is 4.98 Å². The van der Waals surface area contributed by atoms with Crippen LogP contribution in [0.15, 0.2) is 61.2 Å². The van der Waals surface area contributed by atoms with Gasteiger partial charge in [0.05, 0.1) is 33.9 Å². The fraction of sp³-hybridized carbons (Fsp3) is 0.227. The number of benzene rings is 2. The van der Waals surface area contributed by atoms with Crippen molar-refractivity contribution in [2.24, 2.45) is 0 Å². The van der Waals surface area contributed by atoms with Gasteiger partial charge in [0, 0.05) is 6.08 Å². The first-order valence-corrected chi connectivity index (χ1v) is 9.30. The average Bonchev–Trinajstić information content (AvgIpc) is 3.30. The Morgan fingerprint density at radius 3 is 2.37 bits per heavy atom. The van der Waals surface area contributed by atoms with Gasteiger partial charge in [-0.3, -0.25) is 9.48 Å². The summed E-state index contributed by atoms with van der Waals surface area (Å²) in [7, 11) is 4.64. The summed E-state index contributed by atoms with van der Waals surface area (Å²) < 4.78 is 17.7. The Hall–Kier alpha value is -3.81. The predicted molar refractivity (Wildman–Crippen MR) is 112 cm³/mol. The number of hydrogen-bond acceptors (Lipinski definition) is 6. The van der Waals surface area contributed by atoms with Crippen LogP contribution < -0.4 is 19.5 Å². The van der Waals surface area contributed by atoms with Gasteiger partial charge >= 0.3 is 0 Å². The van der Waals surface area contributed by atoms with Gasteiger partial charge in [-0.1, -0.05) is 30.3 Å². The van der Waals surface area contributed by atoms with E-state index in [4.69, 9.17) is 14.2 Å². The molecule has 156 valence electrons. The molecule has 1 atom stereocenters. The Morgan fingerprint density at radius 2 is 1.80 bits per heavy atom. The van der Waals surface area contributed by atoms with Crippen LogP contribution in [0, 0.1) is 0 Å². The lowest BCUT2D eigenvalue weighted by Crippen LogP contribution is -2.30. The van der Waals surface area contributed by atoms with Crippen molar-refractivity contribution in [3.05, 3.63) is 72.3 Å². The number of aromatic nitrogens is 3. The second-order valence-corrected chi connectivity index (χ2v) is 6.38. The first-order chi connectivity index (χ1) is 14.6. The Bertz CT molecular complexity index is 963. The summed E-state index contributed by atoms with van der Waals surface area (Å²) in [5.74, 6) is 1.30. The van der Waals surface area contributed by atoms with Gasteiger partial charge in [0.15, 0.2) is 11.5 Å². The van der Waals surface area contributed by atoms with E-state index < -0.39 is 0 Å². The van der Waals surface area contributed by atoms with E-state index in [0.29, 0.717) is 23.8 Å². The van der Waals surface area contributed by atoms with Crippen LogP contribution in [0.4, 0.5) is 0 Å². The van der Waals surface area contributed by atoms with Gasteiger partial charge in [-0.15, -0.1) is 0 Å². The highest BCUT2D eigenvalue weighted by atomic mass is 16.5. The number of nitrogens with zero attached hydrogens (tertiary/aromatic N) is 3. The molecular weight excluding hydrogens is 384 g/mol. The summed E-state index contributed by atoms with van der Waals surface area (Å²) in [6, 6.07) is 13.0. The van der Waals surface area contributed by atoms with E-state index in [0.717, 1.165) is 11.1 Å². The van der Waals surface area contributed by atoms with Crippen LogP contribution in [0.5, 0.6) is 17.2 Å². The Balaban J connectivity index is 1.77. The summed E-state index contributed by atoms with van der Waals surface area (Å²) >= 11 is 0. The molecule has 1 amide bonds. The minimum absolute atomic E-state index is 0.238. The van der Waals surface area contributed by atoms with Crippen LogP contribution in [0.3, 0.4) is 0 Å². The number of nitrogens with one attached hydrogen (secondary N) is 1. The molecule has 8 heteroatoms. The molecule has 3 aromatic rings. The van der Waals surface area contributed by atoms with Gasteiger partial charge in [0.2, 0.25) is 11.7 Å². The zero-order valence-electron chi connectivity index (χ0n) is 17.1. The SMILES string of the molecule is COc1cc(/C=C/C(=O)NC(Cn2cncn2)c2ccccc2)cc(OC)c1OC. The first kappa shape index (κ1) is 20.9. The van der Waals surface area contributed by atoms with Gasteiger partial charge in [0.25, 0.3) is 0 Å². The minimum atomic E-state index is -0.259. The van der Waals surface area contributed by atoms with E-state index in [9.17, 15) is 4.79 Å². The molecule has 0 aliphatic carbocycles. The Morgan fingerprint density at radius 1 is 1.10 bits per heavy atom. The summed E-state index contributed by atoms with van der Waals surface area (Å²) in [6.45, 7) is 0.466. The molecule has 2 aromatic carbocycles. The van der Waals surface area contributed by atoms with Crippen molar-refractivity contribution in [1.29, 1.82) is 0 Å². The molecule has 0 saturated heterocycles. The summed E-state index contributed by atoms with van der Waals surface area (Å²) in [6.07, 6.45) is 6.25. The molecule has 1 unspecified atom stereocenters. The average molecular weight is 408 g/mol. The first-order valence-electron chi connectivity index (χ1n) is 9.30. The van der Waals surface area contributed by atoms with Gasteiger partial charge in [-0.2, -0.15) is 5.10 Å². The van der Waals surface area contributed by atoms with E-state index in [-0.39, 0.29) is 11.9 Å². The number of ether oxygens (including phenoxy) is 3. The zero-order chi connectivity index (χ0) is 21.3. The van der Waals surface area contributed by atoms with Crippen LogP contribution in [0.1, 0.15) is 17.2 Å². The summed E-state index contributed by atoms with van der Waals surface area (Å²) in [5.41, 5.74) is 1.72. The fourth-order valence-electron chi connectivity index (χ4n) is 3.02. The molecule has 0 bridgehead atoms. The lowest BCUT2D eigenvalue weighted by Gasteiger charge is -2.18. The van der Waals surface area contributed by atoms with Crippen molar-refractivity contribution in [2.45, 2.75) is 12.6 Å². The second kappa shape index (κ2) is 10.1. The molecule has 1 N–H and O–H groups in total. The maximum atomic E-state index is 12.6. The third kappa shape index (κ3) is 5.16. The highest BCUT2D eigenvalue weighted by Crippen LogP contribution is 2.38. The maximum absolute atomic E-state index is 12.6. The molecule has 0 saturated carbocycles. The lowest BCUT2D eigenvalue weighted by molar-refractivity contribution is -0.117. The molecule has 30 heavy (non-hydrogen) atoms. The van der Waals surface area contributed by atoms with Crippen molar-refractivity contribution in [3.8, 4) is 17.2 Å². The predicted octanol–water partition coefficient (Wildman–Crippen LogP) is 2.87. The number of methoxy groups -OCH3 is 3. The normalized spacial score (nSPS) is 11.8. The van der Waals surface area contributed by atoms with E-state index >= 15 is 0 Å². The maximum Gasteiger partial charge on any atom is 0.244 e. The zero-order valence-corrected chi connectivity index (χ0v) is 17.1. The summed E-state index contributed by atoms with van der Waals surface area (Å²) in [5, 5.41) is 7.15. The van der Waals surface area contributed by atoms with E-state index in [1.807, 2.05) is 30.3 Å². The largest absolute Gasteiger partial charge is 0.493 e. The minimum Gasteiger partial charge on any atom is -0.493 e. The number of carbonyl (C=O) groups excluding carboxylic acids is 1. The van der Waals surface area contributed by atoms with Crippen LogP contribution >= 0.6 is 0 Å². The Kier molecular flexibility index (Phi) is 7.05. The Labute approximate surface area is 175 Å². The van der Waals surface area contributed by atoms with E-state index in [1.54, 1.807) is 50.5 Å². The number of hydrogen-bond donors (Lipinski definition) is 1. The molecule has 1 heterocycles. The van der Waals surface area contributed by atoms with Crippen molar-refractivity contribution < 1.29 is 19.0 Å².